The molecule has 0 saturated heterocycles. The minimum atomic E-state index is -0.351. The van der Waals surface area contributed by atoms with Crippen molar-refractivity contribution in [3.8, 4) is 17.1 Å². The molecule has 2 aromatic carbocycles. The predicted molar refractivity (Wildman–Crippen MR) is 94.8 cm³/mol. The van der Waals surface area contributed by atoms with E-state index in [1.165, 1.54) is 13.0 Å². The maximum absolute atomic E-state index is 12.3. The molecule has 0 fully saturated rings. The van der Waals surface area contributed by atoms with E-state index in [4.69, 9.17) is 13.9 Å². The Morgan fingerprint density at radius 3 is 2.52 bits per heavy atom. The molecule has 0 unspecified atom stereocenters. The zero-order valence-electron chi connectivity index (χ0n) is 14.1. The van der Waals surface area contributed by atoms with Crippen molar-refractivity contribution in [3.63, 3.8) is 0 Å². The zero-order valence-corrected chi connectivity index (χ0v) is 14.1. The number of rotatable bonds is 5. The lowest BCUT2D eigenvalue weighted by molar-refractivity contribution is -0.141. The first kappa shape index (κ1) is 16.8. The molecule has 0 spiro atoms. The summed E-state index contributed by atoms with van der Waals surface area (Å²) in [5.41, 5.74) is 2.32. The third kappa shape index (κ3) is 4.07. The van der Waals surface area contributed by atoms with Gasteiger partial charge in [-0.25, -0.2) is 0 Å². The van der Waals surface area contributed by atoms with E-state index in [9.17, 15) is 9.59 Å². The minimum Gasteiger partial charge on any atom is -0.490 e. The van der Waals surface area contributed by atoms with Crippen molar-refractivity contribution in [2.45, 2.75) is 13.8 Å². The highest BCUT2D eigenvalue weighted by Crippen LogP contribution is 2.25. The van der Waals surface area contributed by atoms with Crippen LogP contribution in [0.1, 0.15) is 12.5 Å². The third-order valence-corrected chi connectivity index (χ3v) is 3.69. The number of carbonyl (C=O) groups excluding carboxylic acids is 1. The average Bonchev–Trinajstić information content (AvgIpc) is 2.59. The number of benzene rings is 2. The molecule has 0 radical (unpaired) electrons. The predicted octanol–water partition coefficient (Wildman–Crippen LogP) is 3.71. The molecule has 0 atom stereocenters. The van der Waals surface area contributed by atoms with Crippen LogP contribution < -0.4 is 10.2 Å². The van der Waals surface area contributed by atoms with Crippen LogP contribution in [-0.2, 0) is 9.53 Å². The highest BCUT2D eigenvalue weighted by Gasteiger charge is 2.08. The molecule has 128 valence electrons. The Hall–Kier alpha value is -3.08. The zero-order chi connectivity index (χ0) is 17.8. The molecule has 5 nitrogen and oxygen atoms in total. The molecule has 1 heterocycles. The normalized spacial score (nSPS) is 10.6. The Morgan fingerprint density at radius 1 is 1.04 bits per heavy atom. The van der Waals surface area contributed by atoms with Gasteiger partial charge in [0.2, 0.25) is 0 Å². The van der Waals surface area contributed by atoms with Crippen LogP contribution in [0.4, 0.5) is 0 Å². The highest BCUT2D eigenvalue weighted by molar-refractivity contribution is 5.80. The standard InChI is InChI=1S/C20H18O5/c1-13-3-5-15(6-4-13)19-12-18(22)17-8-7-16(11-20(17)25-19)24-10-9-23-14(2)21/h3-8,11-12H,9-10H2,1-2H3. The summed E-state index contributed by atoms with van der Waals surface area (Å²) in [5.74, 6) is 0.703. The summed E-state index contributed by atoms with van der Waals surface area (Å²) < 4.78 is 16.2. The lowest BCUT2D eigenvalue weighted by Gasteiger charge is -2.08. The van der Waals surface area contributed by atoms with Gasteiger partial charge in [-0.1, -0.05) is 29.8 Å². The molecule has 0 aliphatic heterocycles. The summed E-state index contributed by atoms with van der Waals surface area (Å²) in [6.45, 7) is 3.74. The van der Waals surface area contributed by atoms with Crippen molar-refractivity contribution in [2.75, 3.05) is 13.2 Å². The van der Waals surface area contributed by atoms with Gasteiger partial charge in [0.1, 0.15) is 30.3 Å². The highest BCUT2D eigenvalue weighted by atomic mass is 16.6. The summed E-state index contributed by atoms with van der Waals surface area (Å²) in [4.78, 5) is 23.1. The van der Waals surface area contributed by atoms with Gasteiger partial charge >= 0.3 is 5.97 Å². The molecular formula is C20H18O5. The van der Waals surface area contributed by atoms with Crippen molar-refractivity contribution < 1.29 is 18.7 Å². The second kappa shape index (κ2) is 7.21. The monoisotopic (exact) mass is 338 g/mol. The van der Waals surface area contributed by atoms with Crippen molar-refractivity contribution >= 4 is 16.9 Å². The molecule has 25 heavy (non-hydrogen) atoms. The summed E-state index contributed by atoms with van der Waals surface area (Å²) in [6.07, 6.45) is 0. The summed E-state index contributed by atoms with van der Waals surface area (Å²) in [7, 11) is 0. The maximum Gasteiger partial charge on any atom is 0.302 e. The Labute approximate surface area is 144 Å². The van der Waals surface area contributed by atoms with E-state index in [1.54, 1.807) is 18.2 Å². The number of esters is 1. The molecule has 3 rings (SSSR count). The van der Waals surface area contributed by atoms with Crippen molar-refractivity contribution in [1.82, 2.24) is 0 Å². The fourth-order valence-electron chi connectivity index (χ4n) is 2.43. The lowest BCUT2D eigenvalue weighted by atomic mass is 10.1. The quantitative estimate of drug-likeness (QED) is 0.524. The fraction of sp³-hybridized carbons (Fsp3) is 0.200. The van der Waals surface area contributed by atoms with E-state index in [0.29, 0.717) is 22.5 Å². The summed E-state index contributed by atoms with van der Waals surface area (Å²) >= 11 is 0. The molecule has 0 amide bonds. The van der Waals surface area contributed by atoms with Gasteiger partial charge in [0.15, 0.2) is 5.43 Å². The van der Waals surface area contributed by atoms with Crippen LogP contribution in [0.15, 0.2) is 57.7 Å². The van der Waals surface area contributed by atoms with Crippen LogP contribution in [0, 0.1) is 6.92 Å². The number of fused-ring (bicyclic) bond motifs is 1. The largest absolute Gasteiger partial charge is 0.490 e. The van der Waals surface area contributed by atoms with Gasteiger partial charge in [-0.15, -0.1) is 0 Å². The summed E-state index contributed by atoms with van der Waals surface area (Å²) in [5, 5.41) is 0.489. The first-order chi connectivity index (χ1) is 12.0. The first-order valence-corrected chi connectivity index (χ1v) is 7.94. The van der Waals surface area contributed by atoms with Crippen molar-refractivity contribution in [3.05, 3.63) is 64.3 Å². The average molecular weight is 338 g/mol. The van der Waals surface area contributed by atoms with E-state index in [-0.39, 0.29) is 24.6 Å². The number of hydrogen-bond donors (Lipinski definition) is 0. The Balaban J connectivity index is 1.88. The van der Waals surface area contributed by atoms with Crippen LogP contribution in [0.5, 0.6) is 5.75 Å². The fourth-order valence-corrected chi connectivity index (χ4v) is 2.43. The van der Waals surface area contributed by atoms with Crippen molar-refractivity contribution in [1.29, 1.82) is 0 Å². The SMILES string of the molecule is CC(=O)OCCOc1ccc2c(=O)cc(-c3ccc(C)cc3)oc2c1. The second-order valence-electron chi connectivity index (χ2n) is 5.69. The molecule has 0 N–H and O–H groups in total. The van der Waals surface area contributed by atoms with E-state index in [1.807, 2.05) is 31.2 Å². The van der Waals surface area contributed by atoms with Crippen LogP contribution in [-0.4, -0.2) is 19.2 Å². The minimum absolute atomic E-state index is 0.108. The van der Waals surface area contributed by atoms with Gasteiger partial charge in [0.05, 0.1) is 5.39 Å². The van der Waals surface area contributed by atoms with Crippen LogP contribution in [0.2, 0.25) is 0 Å². The van der Waals surface area contributed by atoms with Gasteiger partial charge in [0, 0.05) is 24.6 Å². The molecule has 5 heteroatoms. The molecule has 1 aromatic heterocycles. The lowest BCUT2D eigenvalue weighted by Crippen LogP contribution is -2.09. The van der Waals surface area contributed by atoms with E-state index < -0.39 is 0 Å². The first-order valence-electron chi connectivity index (χ1n) is 7.94. The smallest absolute Gasteiger partial charge is 0.302 e. The van der Waals surface area contributed by atoms with E-state index in [0.717, 1.165) is 11.1 Å². The Bertz CT molecular complexity index is 954. The number of carbonyl (C=O) groups is 1. The van der Waals surface area contributed by atoms with Gasteiger partial charge in [0.25, 0.3) is 0 Å². The Kier molecular flexibility index (Phi) is 4.84. The van der Waals surface area contributed by atoms with Gasteiger partial charge < -0.3 is 13.9 Å². The van der Waals surface area contributed by atoms with Gasteiger partial charge in [-0.2, -0.15) is 0 Å². The van der Waals surface area contributed by atoms with Crippen molar-refractivity contribution in [2.24, 2.45) is 0 Å². The second-order valence-corrected chi connectivity index (χ2v) is 5.69. The number of hydrogen-bond acceptors (Lipinski definition) is 5. The molecule has 3 aromatic rings. The summed E-state index contributed by atoms with van der Waals surface area (Å²) in [6, 6.07) is 14.3. The molecule has 0 aliphatic carbocycles. The van der Waals surface area contributed by atoms with Crippen LogP contribution >= 0.6 is 0 Å². The van der Waals surface area contributed by atoms with Gasteiger partial charge in [-0.05, 0) is 19.1 Å². The number of ether oxygens (including phenoxy) is 2. The molecule has 0 saturated carbocycles. The molecule has 0 aliphatic rings. The van der Waals surface area contributed by atoms with Crippen LogP contribution in [0.25, 0.3) is 22.3 Å². The maximum atomic E-state index is 12.3. The Morgan fingerprint density at radius 2 is 1.80 bits per heavy atom. The third-order valence-electron chi connectivity index (χ3n) is 3.69. The van der Waals surface area contributed by atoms with Gasteiger partial charge in [-0.3, -0.25) is 9.59 Å². The molecule has 0 bridgehead atoms. The number of aryl methyl sites for hydroxylation is 1. The van der Waals surface area contributed by atoms with Crippen LogP contribution in [0.3, 0.4) is 0 Å². The van der Waals surface area contributed by atoms with E-state index in [2.05, 4.69) is 0 Å². The topological polar surface area (TPSA) is 65.7 Å². The molecular weight excluding hydrogens is 320 g/mol. The van der Waals surface area contributed by atoms with E-state index >= 15 is 0 Å².